The molecule has 0 aromatic heterocycles. The van der Waals surface area contributed by atoms with E-state index in [0.29, 0.717) is 0 Å². The number of ether oxygens (including phenoxy) is 1. The zero-order valence-corrected chi connectivity index (χ0v) is 7.84. The lowest BCUT2D eigenvalue weighted by Crippen LogP contribution is -2.03. The maximum atomic E-state index is 5.56. The minimum atomic E-state index is 0.261. The summed E-state index contributed by atoms with van der Waals surface area (Å²) in [6.07, 6.45) is 8.52. The standard InChI is InChI=1S/C11H16O/c1-4-10-6-5-7-11(8-10)12-9(2)3/h4,7-9H,1,5-6H2,2-3H3. The van der Waals surface area contributed by atoms with E-state index in [1.165, 1.54) is 5.57 Å². The van der Waals surface area contributed by atoms with Crippen molar-refractivity contribution in [2.45, 2.75) is 32.8 Å². The molecule has 0 bridgehead atoms. The molecule has 0 aliphatic heterocycles. The van der Waals surface area contributed by atoms with Gasteiger partial charge in [0.05, 0.1) is 6.10 Å². The van der Waals surface area contributed by atoms with E-state index < -0.39 is 0 Å². The molecule has 0 radical (unpaired) electrons. The summed E-state index contributed by atoms with van der Waals surface area (Å²) in [5.74, 6) is 0.992. The van der Waals surface area contributed by atoms with Crippen molar-refractivity contribution in [2.75, 3.05) is 0 Å². The van der Waals surface area contributed by atoms with Crippen LogP contribution < -0.4 is 0 Å². The van der Waals surface area contributed by atoms with Crippen molar-refractivity contribution < 1.29 is 4.74 Å². The summed E-state index contributed by atoms with van der Waals surface area (Å²) in [6, 6.07) is 0. The van der Waals surface area contributed by atoms with Gasteiger partial charge in [-0.25, -0.2) is 0 Å². The van der Waals surface area contributed by atoms with Crippen molar-refractivity contribution in [3.63, 3.8) is 0 Å². The van der Waals surface area contributed by atoms with Crippen molar-refractivity contribution in [3.8, 4) is 0 Å². The summed E-state index contributed by atoms with van der Waals surface area (Å²) >= 11 is 0. The van der Waals surface area contributed by atoms with Gasteiger partial charge in [-0.1, -0.05) is 12.7 Å². The highest BCUT2D eigenvalue weighted by atomic mass is 16.5. The van der Waals surface area contributed by atoms with Gasteiger partial charge < -0.3 is 4.74 Å². The van der Waals surface area contributed by atoms with E-state index in [1.807, 2.05) is 19.9 Å². The van der Waals surface area contributed by atoms with Crippen LogP contribution in [0.4, 0.5) is 0 Å². The lowest BCUT2D eigenvalue weighted by Gasteiger charge is -2.15. The summed E-state index contributed by atoms with van der Waals surface area (Å²) in [5, 5.41) is 0. The first-order valence-electron chi connectivity index (χ1n) is 4.42. The molecule has 1 aliphatic rings. The second kappa shape index (κ2) is 4.15. The van der Waals surface area contributed by atoms with Gasteiger partial charge in [-0.15, -0.1) is 0 Å². The lowest BCUT2D eigenvalue weighted by molar-refractivity contribution is 0.156. The van der Waals surface area contributed by atoms with E-state index in [9.17, 15) is 0 Å². The Morgan fingerprint density at radius 1 is 1.58 bits per heavy atom. The Morgan fingerprint density at radius 2 is 2.33 bits per heavy atom. The Bertz CT molecular complexity index is 221. The number of hydrogen-bond acceptors (Lipinski definition) is 1. The molecule has 0 N–H and O–H groups in total. The first kappa shape index (κ1) is 9.11. The van der Waals surface area contributed by atoms with Crippen molar-refractivity contribution in [3.05, 3.63) is 36.1 Å². The fraction of sp³-hybridized carbons (Fsp3) is 0.455. The molecule has 1 aliphatic carbocycles. The second-order valence-electron chi connectivity index (χ2n) is 3.24. The van der Waals surface area contributed by atoms with Crippen molar-refractivity contribution in [2.24, 2.45) is 0 Å². The predicted molar refractivity (Wildman–Crippen MR) is 51.8 cm³/mol. The van der Waals surface area contributed by atoms with Crippen LogP contribution in [0.3, 0.4) is 0 Å². The lowest BCUT2D eigenvalue weighted by atomic mass is 10.0. The Hall–Kier alpha value is -0.980. The van der Waals surface area contributed by atoms with E-state index >= 15 is 0 Å². The van der Waals surface area contributed by atoms with Gasteiger partial charge in [-0.3, -0.25) is 0 Å². The van der Waals surface area contributed by atoms with Crippen LogP contribution in [0.2, 0.25) is 0 Å². The van der Waals surface area contributed by atoms with E-state index in [1.54, 1.807) is 0 Å². The minimum absolute atomic E-state index is 0.261. The Morgan fingerprint density at radius 3 is 2.92 bits per heavy atom. The summed E-state index contributed by atoms with van der Waals surface area (Å²) in [5.41, 5.74) is 1.27. The molecule has 0 heterocycles. The van der Waals surface area contributed by atoms with E-state index in [0.717, 1.165) is 18.6 Å². The van der Waals surface area contributed by atoms with Crippen LogP contribution in [0.5, 0.6) is 0 Å². The molecule has 0 atom stereocenters. The average Bonchev–Trinajstić information content (AvgIpc) is 2.03. The van der Waals surface area contributed by atoms with Crippen LogP contribution in [0.25, 0.3) is 0 Å². The molecule has 0 amide bonds. The highest BCUT2D eigenvalue weighted by Crippen LogP contribution is 2.19. The number of rotatable bonds is 3. The van der Waals surface area contributed by atoms with Crippen molar-refractivity contribution in [1.82, 2.24) is 0 Å². The van der Waals surface area contributed by atoms with Crippen molar-refractivity contribution in [1.29, 1.82) is 0 Å². The smallest absolute Gasteiger partial charge is 0.115 e. The van der Waals surface area contributed by atoms with E-state index in [-0.39, 0.29) is 6.10 Å². The summed E-state index contributed by atoms with van der Waals surface area (Å²) < 4.78 is 5.56. The van der Waals surface area contributed by atoms with Gasteiger partial charge in [0.15, 0.2) is 0 Å². The van der Waals surface area contributed by atoms with Crippen LogP contribution in [-0.2, 0) is 4.74 Å². The minimum Gasteiger partial charge on any atom is -0.491 e. The third-order valence-electron chi connectivity index (χ3n) is 1.74. The molecule has 1 heteroatoms. The van der Waals surface area contributed by atoms with Gasteiger partial charge in [-0.05, 0) is 44.4 Å². The molecule has 12 heavy (non-hydrogen) atoms. The second-order valence-corrected chi connectivity index (χ2v) is 3.24. The molecule has 0 aromatic carbocycles. The highest BCUT2D eigenvalue weighted by Gasteiger charge is 2.04. The Kier molecular flexibility index (Phi) is 3.15. The van der Waals surface area contributed by atoms with Gasteiger partial charge in [0, 0.05) is 0 Å². The average molecular weight is 164 g/mol. The van der Waals surface area contributed by atoms with Gasteiger partial charge in [0.25, 0.3) is 0 Å². The SMILES string of the molecule is C=CC1=CC(OC(C)C)=CCC1. The van der Waals surface area contributed by atoms with Gasteiger partial charge in [0.1, 0.15) is 5.76 Å². The predicted octanol–water partition coefficient (Wildman–Crippen LogP) is 3.20. The molecule has 0 saturated heterocycles. The van der Waals surface area contributed by atoms with E-state index in [4.69, 9.17) is 4.74 Å². The molecular formula is C11H16O. The largest absolute Gasteiger partial charge is 0.491 e. The zero-order valence-electron chi connectivity index (χ0n) is 7.84. The van der Waals surface area contributed by atoms with Crippen LogP contribution in [-0.4, -0.2) is 6.10 Å². The Labute approximate surface area is 74.4 Å². The topological polar surface area (TPSA) is 9.23 Å². The van der Waals surface area contributed by atoms with Crippen LogP contribution in [0.15, 0.2) is 36.1 Å². The third kappa shape index (κ3) is 2.57. The fourth-order valence-electron chi connectivity index (χ4n) is 1.21. The monoisotopic (exact) mass is 164 g/mol. The normalized spacial score (nSPS) is 16.9. The quantitative estimate of drug-likeness (QED) is 0.622. The van der Waals surface area contributed by atoms with Crippen LogP contribution >= 0.6 is 0 Å². The number of hydrogen-bond donors (Lipinski definition) is 0. The molecule has 1 rings (SSSR count). The van der Waals surface area contributed by atoms with Crippen LogP contribution in [0.1, 0.15) is 26.7 Å². The molecule has 0 fully saturated rings. The number of allylic oxidation sites excluding steroid dienone is 4. The zero-order chi connectivity index (χ0) is 8.97. The van der Waals surface area contributed by atoms with Gasteiger partial charge in [0.2, 0.25) is 0 Å². The highest BCUT2D eigenvalue weighted by molar-refractivity contribution is 5.29. The third-order valence-corrected chi connectivity index (χ3v) is 1.74. The summed E-state index contributed by atoms with van der Waals surface area (Å²) in [4.78, 5) is 0. The maximum Gasteiger partial charge on any atom is 0.115 e. The summed E-state index contributed by atoms with van der Waals surface area (Å²) in [6.45, 7) is 7.82. The first-order valence-corrected chi connectivity index (χ1v) is 4.42. The summed E-state index contributed by atoms with van der Waals surface area (Å²) in [7, 11) is 0. The molecule has 0 spiro atoms. The van der Waals surface area contributed by atoms with E-state index in [2.05, 4.69) is 18.7 Å². The first-order chi connectivity index (χ1) is 5.72. The van der Waals surface area contributed by atoms with Gasteiger partial charge >= 0.3 is 0 Å². The van der Waals surface area contributed by atoms with Crippen LogP contribution in [0, 0.1) is 0 Å². The molecule has 0 saturated carbocycles. The molecule has 0 aromatic rings. The van der Waals surface area contributed by atoms with Crippen molar-refractivity contribution >= 4 is 0 Å². The fourth-order valence-corrected chi connectivity index (χ4v) is 1.21. The maximum absolute atomic E-state index is 5.56. The molecule has 1 nitrogen and oxygen atoms in total. The van der Waals surface area contributed by atoms with Gasteiger partial charge in [-0.2, -0.15) is 0 Å². The molecule has 66 valence electrons. The molecular weight excluding hydrogens is 148 g/mol. The molecule has 0 unspecified atom stereocenters. The Balaban J connectivity index is 2.60.